The highest BCUT2D eigenvalue weighted by Gasteiger charge is 2.20. The van der Waals surface area contributed by atoms with E-state index in [4.69, 9.17) is 0 Å². The average molecular weight is 445 g/mol. The second-order valence-corrected chi connectivity index (χ2v) is 8.62. The number of aryl methyl sites for hydroxylation is 1. The number of halogens is 1. The number of hydrogen-bond donors (Lipinski definition) is 1. The van der Waals surface area contributed by atoms with Gasteiger partial charge in [-0.2, -0.15) is 0 Å². The smallest absolute Gasteiger partial charge is 0.236 e. The molecule has 0 aliphatic carbocycles. The zero-order valence-corrected chi connectivity index (χ0v) is 18.0. The van der Waals surface area contributed by atoms with Gasteiger partial charge >= 0.3 is 0 Å². The van der Waals surface area contributed by atoms with Crippen molar-refractivity contribution in [1.29, 1.82) is 0 Å². The van der Waals surface area contributed by atoms with Gasteiger partial charge in [-0.15, -0.1) is 11.3 Å². The van der Waals surface area contributed by atoms with Gasteiger partial charge in [0.2, 0.25) is 5.91 Å². The third-order valence-corrected chi connectivity index (χ3v) is 6.44. The number of amides is 1. The summed E-state index contributed by atoms with van der Waals surface area (Å²) in [6, 6.07) is 8.74. The number of carbonyl (C=O) groups excluding carboxylic acids is 1. The Morgan fingerprint density at radius 1 is 1.20 bits per heavy atom. The van der Waals surface area contributed by atoms with Gasteiger partial charge in [-0.25, -0.2) is 19.3 Å². The van der Waals surface area contributed by atoms with Gasteiger partial charge in [-0.05, 0) is 19.1 Å². The maximum absolute atomic E-state index is 14.0. The molecule has 1 fully saturated rings. The standard InChI is InChI=1S/C20H21FN6OS2/c1-14-11-30-20(24-14)25-18(28)12-29-19-10-17(22-13-23-19)27-8-6-26(7-9-27)16-5-3-2-4-15(16)21/h2-5,10-11,13H,6-9,12H2,1H3,(H,24,25,28). The van der Waals surface area contributed by atoms with Crippen molar-refractivity contribution in [2.45, 2.75) is 11.9 Å². The lowest BCUT2D eigenvalue weighted by molar-refractivity contribution is -0.113. The number of anilines is 3. The van der Waals surface area contributed by atoms with E-state index in [2.05, 4.69) is 25.2 Å². The molecule has 1 saturated heterocycles. The largest absolute Gasteiger partial charge is 0.366 e. The summed E-state index contributed by atoms with van der Waals surface area (Å²) in [5.41, 5.74) is 1.52. The molecule has 0 atom stereocenters. The number of nitrogens with one attached hydrogen (secondary N) is 1. The van der Waals surface area contributed by atoms with Crippen LogP contribution in [0, 0.1) is 12.7 Å². The quantitative estimate of drug-likeness (QED) is 0.461. The van der Waals surface area contributed by atoms with Crippen molar-refractivity contribution in [3.63, 3.8) is 0 Å². The van der Waals surface area contributed by atoms with Crippen LogP contribution in [0.2, 0.25) is 0 Å². The van der Waals surface area contributed by atoms with Crippen molar-refractivity contribution < 1.29 is 9.18 Å². The van der Waals surface area contributed by atoms with E-state index in [-0.39, 0.29) is 17.5 Å². The number of nitrogens with zero attached hydrogens (tertiary/aromatic N) is 5. The Morgan fingerprint density at radius 2 is 1.97 bits per heavy atom. The summed E-state index contributed by atoms with van der Waals surface area (Å²) < 4.78 is 14.0. The minimum atomic E-state index is -0.196. The number of carbonyl (C=O) groups is 1. The molecule has 3 aromatic rings. The third kappa shape index (κ3) is 5.06. The van der Waals surface area contributed by atoms with Crippen LogP contribution in [-0.2, 0) is 4.79 Å². The number of piperazine rings is 1. The van der Waals surface area contributed by atoms with Gasteiger partial charge < -0.3 is 15.1 Å². The molecule has 1 aliphatic heterocycles. The molecule has 30 heavy (non-hydrogen) atoms. The van der Waals surface area contributed by atoms with Crippen LogP contribution in [0.1, 0.15) is 5.69 Å². The van der Waals surface area contributed by atoms with E-state index in [1.807, 2.05) is 35.4 Å². The second kappa shape index (κ2) is 9.40. The molecule has 0 saturated carbocycles. The molecule has 4 rings (SSSR count). The van der Waals surface area contributed by atoms with E-state index in [1.54, 1.807) is 6.07 Å². The van der Waals surface area contributed by atoms with Crippen LogP contribution in [0.5, 0.6) is 0 Å². The van der Waals surface area contributed by atoms with Crippen molar-refractivity contribution in [3.05, 3.63) is 53.6 Å². The molecule has 0 unspecified atom stereocenters. The molecule has 3 heterocycles. The third-order valence-electron chi connectivity index (χ3n) is 4.64. The highest BCUT2D eigenvalue weighted by atomic mass is 32.2. The maximum atomic E-state index is 14.0. The number of hydrogen-bond acceptors (Lipinski definition) is 8. The molecule has 1 N–H and O–H groups in total. The molecule has 1 aliphatic rings. The summed E-state index contributed by atoms with van der Waals surface area (Å²) in [6.07, 6.45) is 1.52. The lowest BCUT2D eigenvalue weighted by Gasteiger charge is -2.36. The highest BCUT2D eigenvalue weighted by molar-refractivity contribution is 7.99. The first-order chi connectivity index (χ1) is 14.6. The molecule has 0 radical (unpaired) electrons. The predicted octanol–water partition coefficient (Wildman–Crippen LogP) is 3.44. The fraction of sp³-hybridized carbons (Fsp3) is 0.300. The Morgan fingerprint density at radius 3 is 2.70 bits per heavy atom. The number of thioether (sulfide) groups is 1. The van der Waals surface area contributed by atoms with Crippen LogP contribution in [0.3, 0.4) is 0 Å². The Balaban J connectivity index is 1.31. The van der Waals surface area contributed by atoms with Crippen molar-refractivity contribution in [2.75, 3.05) is 47.0 Å². The van der Waals surface area contributed by atoms with E-state index in [9.17, 15) is 9.18 Å². The first-order valence-corrected chi connectivity index (χ1v) is 11.4. The highest BCUT2D eigenvalue weighted by Crippen LogP contribution is 2.24. The van der Waals surface area contributed by atoms with Gasteiger partial charge in [-0.3, -0.25) is 4.79 Å². The van der Waals surface area contributed by atoms with E-state index >= 15 is 0 Å². The molecule has 0 spiro atoms. The van der Waals surface area contributed by atoms with Crippen LogP contribution >= 0.6 is 23.1 Å². The van der Waals surface area contributed by atoms with E-state index < -0.39 is 0 Å². The van der Waals surface area contributed by atoms with Crippen LogP contribution in [0.4, 0.5) is 21.0 Å². The van der Waals surface area contributed by atoms with Gasteiger partial charge in [-0.1, -0.05) is 23.9 Å². The monoisotopic (exact) mass is 444 g/mol. The van der Waals surface area contributed by atoms with Gasteiger partial charge in [0, 0.05) is 37.6 Å². The lowest BCUT2D eigenvalue weighted by Crippen LogP contribution is -2.47. The molecule has 1 aromatic carbocycles. The van der Waals surface area contributed by atoms with E-state index in [0.29, 0.717) is 23.9 Å². The van der Waals surface area contributed by atoms with Crippen molar-refractivity contribution >= 4 is 45.6 Å². The normalized spacial score (nSPS) is 14.1. The molecular formula is C20H21FN6OS2. The Hall–Kier alpha value is -2.72. The van der Waals surface area contributed by atoms with Crippen LogP contribution in [0.15, 0.2) is 47.1 Å². The lowest BCUT2D eigenvalue weighted by atomic mass is 10.2. The summed E-state index contributed by atoms with van der Waals surface area (Å²) in [5.74, 6) is 0.748. The maximum Gasteiger partial charge on any atom is 0.236 e. The number of benzene rings is 1. The molecule has 7 nitrogen and oxygen atoms in total. The van der Waals surface area contributed by atoms with Crippen LogP contribution in [0.25, 0.3) is 0 Å². The summed E-state index contributed by atoms with van der Waals surface area (Å²) in [7, 11) is 0. The summed E-state index contributed by atoms with van der Waals surface area (Å²) in [6.45, 7) is 4.78. The van der Waals surface area contributed by atoms with Crippen molar-refractivity contribution in [2.24, 2.45) is 0 Å². The average Bonchev–Trinajstić information content (AvgIpc) is 3.17. The zero-order chi connectivity index (χ0) is 20.9. The molecule has 1 amide bonds. The Kier molecular flexibility index (Phi) is 6.44. The number of thiazole rings is 1. The Bertz CT molecular complexity index is 1020. The summed E-state index contributed by atoms with van der Waals surface area (Å²) in [5, 5.41) is 6.03. The first kappa shape index (κ1) is 20.5. The fourth-order valence-electron chi connectivity index (χ4n) is 3.17. The molecule has 10 heteroatoms. The fourth-order valence-corrected chi connectivity index (χ4v) is 4.54. The van der Waals surface area contributed by atoms with Crippen LogP contribution < -0.4 is 15.1 Å². The number of aromatic nitrogens is 3. The molecular weight excluding hydrogens is 423 g/mol. The van der Waals surface area contributed by atoms with Gasteiger partial charge in [0.05, 0.1) is 17.1 Å². The van der Waals surface area contributed by atoms with Crippen molar-refractivity contribution in [3.8, 4) is 0 Å². The Labute approximate surface area is 182 Å². The van der Waals surface area contributed by atoms with Gasteiger partial charge in [0.15, 0.2) is 5.13 Å². The van der Waals surface area contributed by atoms with E-state index in [1.165, 1.54) is 35.5 Å². The van der Waals surface area contributed by atoms with Crippen molar-refractivity contribution in [1.82, 2.24) is 15.0 Å². The summed E-state index contributed by atoms with van der Waals surface area (Å²) in [4.78, 5) is 29.2. The minimum absolute atomic E-state index is 0.118. The minimum Gasteiger partial charge on any atom is -0.366 e. The SMILES string of the molecule is Cc1csc(NC(=O)CSc2cc(N3CCN(c4ccccc4F)CC3)ncn2)n1. The van der Waals surface area contributed by atoms with E-state index in [0.717, 1.165) is 29.6 Å². The van der Waals surface area contributed by atoms with Gasteiger partial charge in [0.25, 0.3) is 0 Å². The second-order valence-electron chi connectivity index (χ2n) is 6.77. The predicted molar refractivity (Wildman–Crippen MR) is 119 cm³/mol. The topological polar surface area (TPSA) is 74.2 Å². The van der Waals surface area contributed by atoms with Crippen LogP contribution in [-0.4, -0.2) is 52.8 Å². The zero-order valence-electron chi connectivity index (χ0n) is 16.4. The van der Waals surface area contributed by atoms with Gasteiger partial charge in [0.1, 0.15) is 23.0 Å². The molecule has 2 aromatic heterocycles. The summed E-state index contributed by atoms with van der Waals surface area (Å²) >= 11 is 2.77. The first-order valence-electron chi connectivity index (χ1n) is 9.50. The number of para-hydroxylation sites is 1. The number of rotatable bonds is 6. The molecule has 0 bridgehead atoms. The molecule has 156 valence electrons.